The van der Waals surface area contributed by atoms with Crippen molar-refractivity contribution < 1.29 is 4.79 Å². The molecule has 0 spiro atoms. The van der Waals surface area contributed by atoms with Crippen molar-refractivity contribution in [3.05, 3.63) is 35.9 Å². The molecule has 1 aliphatic rings. The number of nitrogens with one attached hydrogen (secondary N) is 1. The van der Waals surface area contributed by atoms with E-state index in [-0.39, 0.29) is 5.91 Å². The number of piperidine rings is 1. The summed E-state index contributed by atoms with van der Waals surface area (Å²) in [5.41, 5.74) is 1.39. The smallest absolute Gasteiger partial charge is 0.230 e. The van der Waals surface area contributed by atoms with E-state index in [1.165, 1.54) is 12.0 Å². The van der Waals surface area contributed by atoms with Gasteiger partial charge in [0.05, 0.1) is 5.75 Å². The molecule has 1 aromatic carbocycles. The van der Waals surface area contributed by atoms with Gasteiger partial charge in [-0.25, -0.2) is 0 Å². The minimum absolute atomic E-state index is 0.174. The highest BCUT2D eigenvalue weighted by Crippen LogP contribution is 2.11. The van der Waals surface area contributed by atoms with Crippen LogP contribution in [0.25, 0.3) is 0 Å². The largest absolute Gasteiger partial charge is 0.351 e. The Kier molecular flexibility index (Phi) is 6.40. The number of hydrogen-bond acceptors (Lipinski definition) is 3. The number of hydrogen-bond donors (Lipinski definition) is 1. The first-order valence-electron chi connectivity index (χ1n) is 7.32. The van der Waals surface area contributed by atoms with Crippen molar-refractivity contribution in [2.45, 2.75) is 25.3 Å². The Bertz CT molecular complexity index is 410. The first kappa shape index (κ1) is 15.4. The predicted octanol–water partition coefficient (Wildman–Crippen LogP) is 2.17. The summed E-state index contributed by atoms with van der Waals surface area (Å²) in [6.07, 6.45) is 5.35. The molecule has 1 N–H and O–H groups in total. The molecule has 0 radical (unpaired) electrons. The summed E-state index contributed by atoms with van der Waals surface area (Å²) in [5.74, 6) is 0.743. The summed E-state index contributed by atoms with van der Waals surface area (Å²) >= 11 is 1.58. The molecule has 2 rings (SSSR count). The van der Waals surface area contributed by atoms with E-state index in [1.807, 2.05) is 6.26 Å². The number of thioether (sulfide) groups is 1. The van der Waals surface area contributed by atoms with Crippen LogP contribution in [0.1, 0.15) is 18.4 Å². The highest BCUT2D eigenvalue weighted by atomic mass is 32.2. The number of carbonyl (C=O) groups is 1. The Hall–Kier alpha value is -1.00. The molecule has 0 saturated carbocycles. The molecule has 20 heavy (non-hydrogen) atoms. The van der Waals surface area contributed by atoms with Crippen LogP contribution < -0.4 is 5.32 Å². The molecular weight excluding hydrogens is 268 g/mol. The number of benzene rings is 1. The van der Waals surface area contributed by atoms with Crippen LogP contribution in [0.5, 0.6) is 0 Å². The van der Waals surface area contributed by atoms with Gasteiger partial charge in [0, 0.05) is 19.1 Å². The van der Waals surface area contributed by atoms with E-state index in [2.05, 4.69) is 40.5 Å². The molecule has 0 bridgehead atoms. The van der Waals surface area contributed by atoms with Crippen LogP contribution in [-0.2, 0) is 11.2 Å². The fourth-order valence-corrected chi connectivity index (χ4v) is 3.05. The van der Waals surface area contributed by atoms with Crippen molar-refractivity contribution in [1.82, 2.24) is 10.2 Å². The van der Waals surface area contributed by atoms with Crippen LogP contribution in [0.15, 0.2) is 30.3 Å². The number of rotatable bonds is 6. The molecule has 1 atom stereocenters. The molecule has 4 heteroatoms. The molecule has 0 aliphatic carbocycles. The second-order valence-corrected chi connectivity index (χ2v) is 6.24. The summed E-state index contributed by atoms with van der Waals surface area (Å²) < 4.78 is 0. The normalized spacial score (nSPS) is 19.8. The van der Waals surface area contributed by atoms with Gasteiger partial charge in [-0.3, -0.25) is 4.79 Å². The molecular formula is C16H24N2OS. The SMILES string of the molecule is CSCC(=O)N[C@@H]1CCCN(CCc2ccccc2)C1. The topological polar surface area (TPSA) is 32.3 Å². The maximum absolute atomic E-state index is 11.6. The van der Waals surface area contributed by atoms with E-state index < -0.39 is 0 Å². The van der Waals surface area contributed by atoms with E-state index in [0.717, 1.165) is 32.5 Å². The van der Waals surface area contributed by atoms with Crippen molar-refractivity contribution in [1.29, 1.82) is 0 Å². The Balaban J connectivity index is 1.74. The zero-order valence-corrected chi connectivity index (χ0v) is 13.0. The molecule has 1 saturated heterocycles. The van der Waals surface area contributed by atoms with Crippen LogP contribution in [0.3, 0.4) is 0 Å². The monoisotopic (exact) mass is 292 g/mol. The van der Waals surface area contributed by atoms with E-state index in [1.54, 1.807) is 11.8 Å². The molecule has 1 heterocycles. The second kappa shape index (κ2) is 8.32. The van der Waals surface area contributed by atoms with E-state index in [9.17, 15) is 4.79 Å². The minimum Gasteiger partial charge on any atom is -0.351 e. The van der Waals surface area contributed by atoms with Crippen molar-refractivity contribution in [2.75, 3.05) is 31.6 Å². The lowest BCUT2D eigenvalue weighted by molar-refractivity contribution is -0.119. The first-order valence-corrected chi connectivity index (χ1v) is 8.72. The molecule has 1 amide bonds. The number of likely N-dealkylation sites (tertiary alicyclic amines) is 1. The highest BCUT2D eigenvalue weighted by molar-refractivity contribution is 7.99. The van der Waals surface area contributed by atoms with Gasteiger partial charge < -0.3 is 10.2 Å². The third-order valence-electron chi connectivity index (χ3n) is 3.71. The average molecular weight is 292 g/mol. The lowest BCUT2D eigenvalue weighted by Gasteiger charge is -2.33. The third kappa shape index (κ3) is 5.17. The van der Waals surface area contributed by atoms with Crippen LogP contribution >= 0.6 is 11.8 Å². The van der Waals surface area contributed by atoms with Crippen LogP contribution in [-0.4, -0.2) is 48.5 Å². The van der Waals surface area contributed by atoms with Crippen molar-refractivity contribution in [3.8, 4) is 0 Å². The molecule has 110 valence electrons. The summed E-state index contributed by atoms with van der Waals surface area (Å²) in [6.45, 7) is 3.23. The predicted molar refractivity (Wildman–Crippen MR) is 86.1 cm³/mol. The van der Waals surface area contributed by atoms with Crippen LogP contribution in [0.4, 0.5) is 0 Å². The standard InChI is InChI=1S/C16H24N2OS/c1-20-13-16(19)17-15-8-5-10-18(12-15)11-9-14-6-3-2-4-7-14/h2-4,6-7,15H,5,8-13H2,1H3,(H,17,19)/t15-/m1/s1. The highest BCUT2D eigenvalue weighted by Gasteiger charge is 2.20. The first-order chi connectivity index (χ1) is 9.78. The summed E-state index contributed by atoms with van der Waals surface area (Å²) in [6, 6.07) is 10.9. The van der Waals surface area contributed by atoms with Gasteiger partial charge in [0.15, 0.2) is 0 Å². The maximum Gasteiger partial charge on any atom is 0.230 e. The van der Waals surface area contributed by atoms with Gasteiger partial charge >= 0.3 is 0 Å². The van der Waals surface area contributed by atoms with E-state index >= 15 is 0 Å². The molecule has 1 fully saturated rings. The fraction of sp³-hybridized carbons (Fsp3) is 0.562. The minimum atomic E-state index is 0.174. The van der Waals surface area contributed by atoms with Crippen LogP contribution in [0.2, 0.25) is 0 Å². The summed E-state index contributed by atoms with van der Waals surface area (Å²) in [7, 11) is 0. The fourth-order valence-electron chi connectivity index (χ4n) is 2.71. The molecule has 3 nitrogen and oxygen atoms in total. The summed E-state index contributed by atoms with van der Waals surface area (Å²) in [5, 5.41) is 3.15. The van der Waals surface area contributed by atoms with Crippen molar-refractivity contribution >= 4 is 17.7 Å². The Morgan fingerprint density at radius 3 is 2.95 bits per heavy atom. The lowest BCUT2D eigenvalue weighted by Crippen LogP contribution is -2.48. The number of nitrogens with zero attached hydrogens (tertiary/aromatic N) is 1. The molecule has 0 aromatic heterocycles. The molecule has 1 aromatic rings. The molecule has 1 aliphatic heterocycles. The Labute approximate surface area is 126 Å². The van der Waals surface area contributed by atoms with Crippen molar-refractivity contribution in [3.63, 3.8) is 0 Å². The molecule has 0 unspecified atom stereocenters. The Morgan fingerprint density at radius 2 is 2.20 bits per heavy atom. The lowest BCUT2D eigenvalue weighted by atomic mass is 10.0. The van der Waals surface area contributed by atoms with Gasteiger partial charge in [-0.1, -0.05) is 30.3 Å². The summed E-state index contributed by atoms with van der Waals surface area (Å²) in [4.78, 5) is 14.1. The van der Waals surface area contributed by atoms with Gasteiger partial charge in [0.2, 0.25) is 5.91 Å². The Morgan fingerprint density at radius 1 is 1.40 bits per heavy atom. The van der Waals surface area contributed by atoms with Crippen LogP contribution in [0, 0.1) is 0 Å². The average Bonchev–Trinajstić information content (AvgIpc) is 2.47. The second-order valence-electron chi connectivity index (χ2n) is 5.38. The van der Waals surface area contributed by atoms with E-state index in [4.69, 9.17) is 0 Å². The number of carbonyl (C=O) groups excluding carboxylic acids is 1. The van der Waals surface area contributed by atoms with Gasteiger partial charge in [0.1, 0.15) is 0 Å². The van der Waals surface area contributed by atoms with Gasteiger partial charge in [-0.2, -0.15) is 11.8 Å². The zero-order valence-electron chi connectivity index (χ0n) is 12.2. The third-order valence-corrected chi connectivity index (χ3v) is 4.26. The van der Waals surface area contributed by atoms with Gasteiger partial charge in [-0.05, 0) is 37.6 Å². The maximum atomic E-state index is 11.6. The van der Waals surface area contributed by atoms with Gasteiger partial charge in [-0.15, -0.1) is 0 Å². The number of amides is 1. The quantitative estimate of drug-likeness (QED) is 0.872. The van der Waals surface area contributed by atoms with Gasteiger partial charge in [0.25, 0.3) is 0 Å². The van der Waals surface area contributed by atoms with Crippen molar-refractivity contribution in [2.24, 2.45) is 0 Å². The zero-order chi connectivity index (χ0) is 14.2. The van der Waals surface area contributed by atoms with E-state index in [0.29, 0.717) is 11.8 Å².